The van der Waals surface area contributed by atoms with E-state index in [2.05, 4.69) is 34.3 Å². The van der Waals surface area contributed by atoms with Gasteiger partial charge in [0, 0.05) is 18.3 Å². The zero-order valence-electron chi connectivity index (χ0n) is 16.3. The van der Waals surface area contributed by atoms with E-state index in [1.165, 1.54) is 17.3 Å². The van der Waals surface area contributed by atoms with Crippen molar-refractivity contribution in [3.63, 3.8) is 0 Å². The number of halogens is 2. The predicted octanol–water partition coefficient (Wildman–Crippen LogP) is 4.49. The Morgan fingerprint density at radius 2 is 1.93 bits per heavy atom. The van der Waals surface area contributed by atoms with Gasteiger partial charge in [-0.25, -0.2) is 9.37 Å². The number of thioether (sulfide) groups is 1. The Hall–Kier alpha value is -2.81. The number of amides is 1. The van der Waals surface area contributed by atoms with Crippen LogP contribution < -0.4 is 5.32 Å². The van der Waals surface area contributed by atoms with Gasteiger partial charge >= 0.3 is 0 Å². The molecule has 1 aromatic carbocycles. The molecule has 3 aromatic rings. The van der Waals surface area contributed by atoms with Crippen molar-refractivity contribution < 1.29 is 13.6 Å². The molecular formula is C20H21F2N5OS. The molecule has 29 heavy (non-hydrogen) atoms. The van der Waals surface area contributed by atoms with E-state index in [1.807, 2.05) is 31.2 Å². The summed E-state index contributed by atoms with van der Waals surface area (Å²) in [5.74, 6) is -0.962. The number of nitrogens with zero attached hydrogens (tertiary/aromatic N) is 4. The van der Waals surface area contributed by atoms with E-state index in [0.717, 1.165) is 12.3 Å². The third-order valence-corrected chi connectivity index (χ3v) is 5.26. The molecule has 2 heterocycles. The maximum Gasteiger partial charge on any atom is 0.234 e. The number of hydrogen-bond donors (Lipinski definition) is 1. The van der Waals surface area contributed by atoms with Crippen molar-refractivity contribution >= 4 is 23.4 Å². The molecule has 6 nitrogen and oxygen atoms in total. The summed E-state index contributed by atoms with van der Waals surface area (Å²) < 4.78 is 29.1. The van der Waals surface area contributed by atoms with E-state index in [1.54, 1.807) is 4.57 Å². The molecule has 0 unspecified atom stereocenters. The molecule has 0 aliphatic carbocycles. The van der Waals surface area contributed by atoms with E-state index in [9.17, 15) is 13.6 Å². The van der Waals surface area contributed by atoms with Gasteiger partial charge in [0.25, 0.3) is 0 Å². The number of carbonyl (C=O) groups is 1. The molecule has 2 aromatic heterocycles. The van der Waals surface area contributed by atoms with Crippen molar-refractivity contribution in [1.82, 2.24) is 19.7 Å². The molecule has 1 amide bonds. The average molecular weight is 417 g/mol. The lowest BCUT2D eigenvalue weighted by Crippen LogP contribution is -2.14. The zero-order chi connectivity index (χ0) is 21.0. The second-order valence-electron chi connectivity index (χ2n) is 6.65. The first-order valence-electron chi connectivity index (χ1n) is 9.16. The second kappa shape index (κ2) is 9.13. The summed E-state index contributed by atoms with van der Waals surface area (Å²) >= 11 is 1.18. The number of nitrogens with one attached hydrogen (secondary N) is 1. The SMILES string of the molecule is CCn1c(SCC(=O)Nc2ccc(C(C)C)cc2)nnc1-c1cc(F)ncc1F. The highest BCUT2D eigenvalue weighted by molar-refractivity contribution is 7.99. The van der Waals surface area contributed by atoms with Crippen LogP contribution in [0.3, 0.4) is 0 Å². The molecule has 0 aliphatic rings. The monoisotopic (exact) mass is 417 g/mol. The van der Waals surface area contributed by atoms with Crippen LogP contribution in [0.15, 0.2) is 41.7 Å². The summed E-state index contributed by atoms with van der Waals surface area (Å²) in [7, 11) is 0. The first-order valence-corrected chi connectivity index (χ1v) is 10.1. The van der Waals surface area contributed by atoms with E-state index in [-0.39, 0.29) is 23.0 Å². The quantitative estimate of drug-likeness (QED) is 0.453. The lowest BCUT2D eigenvalue weighted by Gasteiger charge is -2.09. The van der Waals surface area contributed by atoms with Gasteiger partial charge in [0.05, 0.1) is 17.5 Å². The van der Waals surface area contributed by atoms with Gasteiger partial charge in [0.15, 0.2) is 16.8 Å². The Kier molecular flexibility index (Phi) is 6.58. The largest absolute Gasteiger partial charge is 0.325 e. The Morgan fingerprint density at radius 1 is 1.21 bits per heavy atom. The zero-order valence-corrected chi connectivity index (χ0v) is 17.1. The Morgan fingerprint density at radius 3 is 2.59 bits per heavy atom. The normalized spacial score (nSPS) is 11.1. The molecule has 0 fully saturated rings. The number of carbonyl (C=O) groups excluding carboxylic acids is 1. The first kappa shape index (κ1) is 20.9. The van der Waals surface area contributed by atoms with E-state index < -0.39 is 11.8 Å². The Balaban J connectivity index is 1.68. The smallest absolute Gasteiger partial charge is 0.234 e. The van der Waals surface area contributed by atoms with Gasteiger partial charge in [-0.3, -0.25) is 4.79 Å². The van der Waals surface area contributed by atoms with E-state index >= 15 is 0 Å². The molecule has 0 radical (unpaired) electrons. The van der Waals surface area contributed by atoms with Crippen molar-refractivity contribution in [2.75, 3.05) is 11.1 Å². The van der Waals surface area contributed by atoms with Crippen LogP contribution in [-0.2, 0) is 11.3 Å². The summed E-state index contributed by atoms with van der Waals surface area (Å²) in [4.78, 5) is 15.6. The van der Waals surface area contributed by atoms with Crippen molar-refractivity contribution in [2.24, 2.45) is 0 Å². The van der Waals surface area contributed by atoms with Crippen LogP contribution >= 0.6 is 11.8 Å². The number of benzene rings is 1. The summed E-state index contributed by atoms with van der Waals surface area (Å²) in [6.07, 6.45) is 0.810. The van der Waals surface area contributed by atoms with Crippen LogP contribution in [0.2, 0.25) is 0 Å². The minimum atomic E-state index is -0.802. The summed E-state index contributed by atoms with van der Waals surface area (Å²) in [6.45, 7) is 6.48. The lowest BCUT2D eigenvalue weighted by molar-refractivity contribution is -0.113. The number of rotatable bonds is 7. The minimum absolute atomic E-state index is 0.0200. The molecule has 152 valence electrons. The third kappa shape index (κ3) is 4.97. The van der Waals surface area contributed by atoms with Gasteiger partial charge in [-0.15, -0.1) is 10.2 Å². The molecular weight excluding hydrogens is 396 g/mol. The first-order chi connectivity index (χ1) is 13.9. The highest BCUT2D eigenvalue weighted by atomic mass is 32.2. The van der Waals surface area contributed by atoms with Crippen LogP contribution in [0.4, 0.5) is 14.5 Å². The van der Waals surface area contributed by atoms with Crippen LogP contribution in [0.25, 0.3) is 11.4 Å². The summed E-state index contributed by atoms with van der Waals surface area (Å²) in [5.41, 5.74) is 1.89. The highest BCUT2D eigenvalue weighted by Crippen LogP contribution is 2.26. The lowest BCUT2D eigenvalue weighted by atomic mass is 10.0. The van der Waals surface area contributed by atoms with Gasteiger partial charge in [-0.2, -0.15) is 4.39 Å². The van der Waals surface area contributed by atoms with Crippen molar-refractivity contribution in [3.05, 3.63) is 53.9 Å². The topological polar surface area (TPSA) is 72.7 Å². The summed E-state index contributed by atoms with van der Waals surface area (Å²) in [6, 6.07) is 8.68. The van der Waals surface area contributed by atoms with Crippen LogP contribution in [0, 0.1) is 11.8 Å². The van der Waals surface area contributed by atoms with Crippen LogP contribution in [-0.4, -0.2) is 31.4 Å². The maximum atomic E-state index is 14.0. The molecule has 3 rings (SSSR count). The number of aromatic nitrogens is 4. The molecule has 9 heteroatoms. The number of pyridine rings is 1. The van der Waals surface area contributed by atoms with Gasteiger partial charge in [-0.1, -0.05) is 37.7 Å². The summed E-state index contributed by atoms with van der Waals surface area (Å²) in [5, 5.41) is 11.3. The number of anilines is 1. The van der Waals surface area contributed by atoms with Gasteiger partial charge < -0.3 is 9.88 Å². The molecule has 0 bridgehead atoms. The van der Waals surface area contributed by atoms with E-state index in [4.69, 9.17) is 0 Å². The molecule has 0 spiro atoms. The standard InChI is InChI=1S/C20H21F2N5OS/c1-4-27-19(15-9-17(22)23-10-16(15)21)25-26-20(27)29-11-18(28)24-14-7-5-13(6-8-14)12(2)3/h5-10,12H,4,11H2,1-3H3,(H,24,28). The Bertz CT molecular complexity index is 1000. The fourth-order valence-electron chi connectivity index (χ4n) is 2.74. The van der Waals surface area contributed by atoms with E-state index in [0.29, 0.717) is 23.3 Å². The maximum absolute atomic E-state index is 14.0. The van der Waals surface area contributed by atoms with Crippen LogP contribution in [0.1, 0.15) is 32.3 Å². The van der Waals surface area contributed by atoms with Crippen molar-refractivity contribution in [3.8, 4) is 11.4 Å². The molecule has 0 aliphatic heterocycles. The minimum Gasteiger partial charge on any atom is -0.325 e. The fourth-order valence-corrected chi connectivity index (χ4v) is 3.55. The number of hydrogen-bond acceptors (Lipinski definition) is 5. The molecule has 1 N–H and O–H groups in total. The van der Waals surface area contributed by atoms with Crippen molar-refractivity contribution in [1.29, 1.82) is 0 Å². The predicted molar refractivity (Wildman–Crippen MR) is 109 cm³/mol. The highest BCUT2D eigenvalue weighted by Gasteiger charge is 2.18. The fraction of sp³-hybridized carbons (Fsp3) is 0.300. The van der Waals surface area contributed by atoms with Gasteiger partial charge in [0.1, 0.15) is 0 Å². The molecule has 0 saturated carbocycles. The second-order valence-corrected chi connectivity index (χ2v) is 7.59. The Labute approximate surface area is 171 Å². The molecule has 0 atom stereocenters. The average Bonchev–Trinajstić information content (AvgIpc) is 3.11. The van der Waals surface area contributed by atoms with Crippen molar-refractivity contribution in [2.45, 2.75) is 38.4 Å². The van der Waals surface area contributed by atoms with Crippen LogP contribution in [0.5, 0.6) is 0 Å². The van der Waals surface area contributed by atoms with Gasteiger partial charge in [0.2, 0.25) is 11.9 Å². The third-order valence-electron chi connectivity index (χ3n) is 4.29. The molecule has 0 saturated heterocycles. The van der Waals surface area contributed by atoms with Gasteiger partial charge in [-0.05, 0) is 30.5 Å².